The van der Waals surface area contributed by atoms with E-state index in [0.29, 0.717) is 17.4 Å². The second-order valence-electron chi connectivity index (χ2n) is 6.21. The average Bonchev–Trinajstić information content (AvgIpc) is 3.15. The maximum absolute atomic E-state index is 12.5. The molecular formula is C19H21N5O2S. The molecule has 8 heteroatoms. The summed E-state index contributed by atoms with van der Waals surface area (Å²) in [5.41, 5.74) is 1.90. The SMILES string of the molecule is CC(Sc1nnnn1-c1ccc(O)cc1)C(=O)NCC(C)c1ccccc1. The van der Waals surface area contributed by atoms with E-state index >= 15 is 0 Å². The second-order valence-corrected chi connectivity index (χ2v) is 7.51. The molecule has 0 saturated heterocycles. The Kier molecular flexibility index (Phi) is 6.08. The van der Waals surface area contributed by atoms with Crippen molar-refractivity contribution in [3.05, 3.63) is 60.2 Å². The molecule has 3 rings (SSSR count). The average molecular weight is 383 g/mol. The lowest BCUT2D eigenvalue weighted by molar-refractivity contribution is -0.120. The van der Waals surface area contributed by atoms with Gasteiger partial charge in [0.1, 0.15) is 5.75 Å². The van der Waals surface area contributed by atoms with Crippen molar-refractivity contribution in [2.75, 3.05) is 6.54 Å². The Morgan fingerprint density at radius 1 is 1.15 bits per heavy atom. The maximum Gasteiger partial charge on any atom is 0.233 e. The Morgan fingerprint density at radius 3 is 2.56 bits per heavy atom. The zero-order chi connectivity index (χ0) is 19.2. The fourth-order valence-electron chi connectivity index (χ4n) is 2.52. The molecular weight excluding hydrogens is 362 g/mol. The molecule has 0 bridgehead atoms. The fraction of sp³-hybridized carbons (Fsp3) is 0.263. The third-order valence-electron chi connectivity index (χ3n) is 4.14. The molecule has 0 aliphatic rings. The zero-order valence-corrected chi connectivity index (χ0v) is 15.9. The van der Waals surface area contributed by atoms with Crippen LogP contribution in [0, 0.1) is 0 Å². The molecule has 0 aliphatic carbocycles. The zero-order valence-electron chi connectivity index (χ0n) is 15.1. The molecule has 1 heterocycles. The highest BCUT2D eigenvalue weighted by atomic mass is 32.2. The monoisotopic (exact) mass is 383 g/mol. The molecule has 7 nitrogen and oxygen atoms in total. The first kappa shape index (κ1) is 18.9. The van der Waals surface area contributed by atoms with Crippen molar-refractivity contribution in [3.8, 4) is 11.4 Å². The van der Waals surface area contributed by atoms with Gasteiger partial charge in [-0.15, -0.1) is 5.10 Å². The van der Waals surface area contributed by atoms with Gasteiger partial charge in [0.25, 0.3) is 0 Å². The standard InChI is InChI=1S/C19H21N5O2S/c1-13(15-6-4-3-5-7-15)12-20-18(26)14(2)27-19-21-22-23-24(19)16-8-10-17(25)11-9-16/h3-11,13-14,25H,12H2,1-2H3,(H,20,26). The summed E-state index contributed by atoms with van der Waals surface area (Å²) in [4.78, 5) is 12.5. The van der Waals surface area contributed by atoms with Crippen LogP contribution in [0.1, 0.15) is 25.3 Å². The van der Waals surface area contributed by atoms with Gasteiger partial charge in [-0.3, -0.25) is 4.79 Å². The van der Waals surface area contributed by atoms with Crippen LogP contribution in [-0.4, -0.2) is 43.0 Å². The van der Waals surface area contributed by atoms with Crippen molar-refractivity contribution >= 4 is 17.7 Å². The number of thioether (sulfide) groups is 1. The highest BCUT2D eigenvalue weighted by molar-refractivity contribution is 8.00. The first-order chi connectivity index (χ1) is 13.0. The van der Waals surface area contributed by atoms with Crippen molar-refractivity contribution in [1.29, 1.82) is 0 Å². The van der Waals surface area contributed by atoms with E-state index in [4.69, 9.17) is 0 Å². The van der Waals surface area contributed by atoms with Crippen LogP contribution in [0.4, 0.5) is 0 Å². The Balaban J connectivity index is 1.59. The molecule has 0 fully saturated rings. The lowest BCUT2D eigenvalue weighted by atomic mass is 10.0. The molecule has 0 aliphatic heterocycles. The molecule has 2 N–H and O–H groups in total. The van der Waals surface area contributed by atoms with Crippen LogP contribution in [0.2, 0.25) is 0 Å². The number of nitrogens with zero attached hydrogens (tertiary/aromatic N) is 4. The molecule has 3 aromatic rings. The van der Waals surface area contributed by atoms with E-state index in [2.05, 4.69) is 39.9 Å². The number of hydrogen-bond donors (Lipinski definition) is 2. The first-order valence-electron chi connectivity index (χ1n) is 8.61. The number of benzene rings is 2. The summed E-state index contributed by atoms with van der Waals surface area (Å²) in [5.74, 6) is 0.332. The second kappa shape index (κ2) is 8.68. The predicted molar refractivity (Wildman–Crippen MR) is 104 cm³/mol. The third-order valence-corrected chi connectivity index (χ3v) is 5.17. The third kappa shape index (κ3) is 4.85. The van der Waals surface area contributed by atoms with Gasteiger partial charge in [-0.25, -0.2) is 0 Å². The minimum Gasteiger partial charge on any atom is -0.508 e. The van der Waals surface area contributed by atoms with Gasteiger partial charge in [0.2, 0.25) is 11.1 Å². The first-order valence-corrected chi connectivity index (χ1v) is 9.49. The number of carbonyl (C=O) groups excluding carboxylic acids is 1. The van der Waals surface area contributed by atoms with Crippen LogP contribution in [0.25, 0.3) is 5.69 Å². The molecule has 1 aromatic heterocycles. The Bertz CT molecular complexity index is 883. The number of aromatic hydroxyl groups is 1. The van der Waals surface area contributed by atoms with Crippen LogP contribution in [0.5, 0.6) is 5.75 Å². The van der Waals surface area contributed by atoms with Crippen LogP contribution >= 0.6 is 11.8 Å². The van der Waals surface area contributed by atoms with Crippen LogP contribution < -0.4 is 5.32 Å². The number of hydrogen-bond acceptors (Lipinski definition) is 6. The summed E-state index contributed by atoms with van der Waals surface area (Å²) < 4.78 is 1.54. The molecule has 2 unspecified atom stereocenters. The van der Waals surface area contributed by atoms with E-state index in [-0.39, 0.29) is 22.8 Å². The van der Waals surface area contributed by atoms with Gasteiger partial charge in [0, 0.05) is 6.54 Å². The van der Waals surface area contributed by atoms with Gasteiger partial charge in [-0.2, -0.15) is 4.68 Å². The molecule has 27 heavy (non-hydrogen) atoms. The smallest absolute Gasteiger partial charge is 0.233 e. The van der Waals surface area contributed by atoms with E-state index in [1.165, 1.54) is 17.3 Å². The van der Waals surface area contributed by atoms with E-state index in [9.17, 15) is 9.90 Å². The summed E-state index contributed by atoms with van der Waals surface area (Å²) in [6.07, 6.45) is 0. The van der Waals surface area contributed by atoms with Crippen LogP contribution in [0.3, 0.4) is 0 Å². The summed E-state index contributed by atoms with van der Waals surface area (Å²) in [6, 6.07) is 16.6. The van der Waals surface area contributed by atoms with Gasteiger partial charge >= 0.3 is 0 Å². The minimum absolute atomic E-state index is 0.0666. The van der Waals surface area contributed by atoms with E-state index in [0.717, 1.165) is 0 Å². The summed E-state index contributed by atoms with van der Waals surface area (Å²) in [6.45, 7) is 4.47. The lowest BCUT2D eigenvalue weighted by Crippen LogP contribution is -2.33. The van der Waals surface area contributed by atoms with Crippen molar-refractivity contribution in [2.24, 2.45) is 0 Å². The highest BCUT2D eigenvalue weighted by Gasteiger charge is 2.19. The van der Waals surface area contributed by atoms with Crippen LogP contribution in [-0.2, 0) is 4.79 Å². The van der Waals surface area contributed by atoms with Gasteiger partial charge in [0.05, 0.1) is 10.9 Å². The summed E-state index contributed by atoms with van der Waals surface area (Å²) in [7, 11) is 0. The van der Waals surface area contributed by atoms with Crippen molar-refractivity contribution < 1.29 is 9.90 Å². The van der Waals surface area contributed by atoms with Gasteiger partial charge in [-0.05, 0) is 53.1 Å². The van der Waals surface area contributed by atoms with Crippen molar-refractivity contribution in [1.82, 2.24) is 25.5 Å². The Hall–Kier alpha value is -2.87. The highest BCUT2D eigenvalue weighted by Crippen LogP contribution is 2.24. The lowest BCUT2D eigenvalue weighted by Gasteiger charge is -2.15. The number of phenolic OH excluding ortho intramolecular Hbond substituents is 1. The maximum atomic E-state index is 12.5. The van der Waals surface area contributed by atoms with Crippen molar-refractivity contribution in [3.63, 3.8) is 0 Å². The number of amides is 1. The molecule has 0 spiro atoms. The number of aromatic nitrogens is 4. The van der Waals surface area contributed by atoms with E-state index in [1.807, 2.05) is 25.1 Å². The normalized spacial score (nSPS) is 13.1. The van der Waals surface area contributed by atoms with Gasteiger partial charge < -0.3 is 10.4 Å². The summed E-state index contributed by atoms with van der Waals surface area (Å²) >= 11 is 1.28. The summed E-state index contributed by atoms with van der Waals surface area (Å²) in [5, 5.41) is 24.2. The molecule has 0 radical (unpaired) electrons. The van der Waals surface area contributed by atoms with Crippen LogP contribution in [0.15, 0.2) is 59.8 Å². The number of nitrogens with one attached hydrogen (secondary N) is 1. The Labute approximate surface area is 161 Å². The Morgan fingerprint density at radius 2 is 1.85 bits per heavy atom. The van der Waals surface area contributed by atoms with E-state index in [1.54, 1.807) is 28.9 Å². The topological polar surface area (TPSA) is 92.9 Å². The predicted octanol–water partition coefficient (Wildman–Crippen LogP) is 2.77. The van der Waals surface area contributed by atoms with Crippen molar-refractivity contribution in [2.45, 2.75) is 30.2 Å². The van der Waals surface area contributed by atoms with Gasteiger partial charge in [0.15, 0.2) is 0 Å². The number of rotatable bonds is 7. The molecule has 0 saturated carbocycles. The number of tetrazole rings is 1. The largest absolute Gasteiger partial charge is 0.508 e. The molecule has 140 valence electrons. The van der Waals surface area contributed by atoms with Gasteiger partial charge in [-0.1, -0.05) is 49.0 Å². The number of carbonyl (C=O) groups is 1. The molecule has 2 aromatic carbocycles. The molecule has 2 atom stereocenters. The number of phenols is 1. The van der Waals surface area contributed by atoms with E-state index < -0.39 is 0 Å². The fourth-order valence-corrected chi connectivity index (χ4v) is 3.35. The quantitative estimate of drug-likeness (QED) is 0.610. The molecule has 1 amide bonds. The minimum atomic E-state index is -0.352.